The lowest BCUT2D eigenvalue weighted by molar-refractivity contribution is -0.384. The molecule has 28 heavy (non-hydrogen) atoms. The molecule has 0 aliphatic carbocycles. The molecule has 3 rings (SSSR count). The second-order valence-corrected chi connectivity index (χ2v) is 7.60. The monoisotopic (exact) mass is 398 g/mol. The van der Waals surface area contributed by atoms with Crippen LogP contribution in [0.25, 0.3) is 10.4 Å². The molecule has 0 aliphatic rings. The number of nitrogens with zero attached hydrogens (tertiary/aromatic N) is 1. The standard InChI is InChI=1S/C21H22N2O4S/c1-14(21(24)15-7-9-16(27-2)10-8-15)22-13-17-11-12-20(28-17)18-5-3-4-6-19(18)23(25)26/h3-12,14,21-22,24H,13H2,1-2H3/t14-,21+/m1/s1. The van der Waals surface area contributed by atoms with Gasteiger partial charge in [0.05, 0.1) is 23.7 Å². The van der Waals surface area contributed by atoms with E-state index in [0.29, 0.717) is 12.1 Å². The lowest BCUT2D eigenvalue weighted by Gasteiger charge is -2.20. The SMILES string of the molecule is COc1ccc([C@@H](O)[C@@H](C)NCc2ccc(-c3ccccc3[N+](=O)[O-])s2)cc1. The summed E-state index contributed by atoms with van der Waals surface area (Å²) in [6.07, 6.45) is -0.652. The molecule has 0 saturated heterocycles. The highest BCUT2D eigenvalue weighted by atomic mass is 32.1. The third kappa shape index (κ3) is 4.56. The number of nitro benzene ring substituents is 1. The molecule has 2 atom stereocenters. The van der Waals surface area contributed by atoms with Crippen molar-refractivity contribution in [1.82, 2.24) is 5.32 Å². The van der Waals surface area contributed by atoms with Crippen LogP contribution in [-0.2, 0) is 6.54 Å². The average molecular weight is 398 g/mol. The van der Waals surface area contributed by atoms with Crippen molar-refractivity contribution in [2.75, 3.05) is 7.11 Å². The summed E-state index contributed by atoms with van der Waals surface area (Å²) in [4.78, 5) is 12.8. The third-order valence-electron chi connectivity index (χ3n) is 4.56. The Labute approximate surface area is 167 Å². The van der Waals surface area contributed by atoms with Gasteiger partial charge in [0.2, 0.25) is 0 Å². The maximum Gasteiger partial charge on any atom is 0.278 e. The quantitative estimate of drug-likeness (QED) is 0.430. The molecule has 2 aromatic carbocycles. The number of thiophene rings is 1. The zero-order valence-electron chi connectivity index (χ0n) is 15.7. The van der Waals surface area contributed by atoms with Crippen molar-refractivity contribution in [3.63, 3.8) is 0 Å². The van der Waals surface area contributed by atoms with Crippen LogP contribution in [0.4, 0.5) is 5.69 Å². The van der Waals surface area contributed by atoms with E-state index in [2.05, 4.69) is 5.32 Å². The van der Waals surface area contributed by atoms with E-state index in [1.807, 2.05) is 43.3 Å². The van der Waals surface area contributed by atoms with Crippen molar-refractivity contribution in [1.29, 1.82) is 0 Å². The Bertz CT molecular complexity index is 940. The molecule has 0 bridgehead atoms. The first-order valence-electron chi connectivity index (χ1n) is 8.87. The van der Waals surface area contributed by atoms with Crippen molar-refractivity contribution in [3.8, 4) is 16.2 Å². The topological polar surface area (TPSA) is 84.6 Å². The highest BCUT2D eigenvalue weighted by Gasteiger charge is 2.18. The number of ether oxygens (including phenoxy) is 1. The first-order valence-corrected chi connectivity index (χ1v) is 9.69. The fourth-order valence-corrected chi connectivity index (χ4v) is 3.91. The van der Waals surface area contributed by atoms with Crippen LogP contribution < -0.4 is 10.1 Å². The molecule has 3 aromatic rings. The molecule has 0 aliphatic heterocycles. The maximum atomic E-state index is 11.2. The van der Waals surface area contributed by atoms with Gasteiger partial charge in [0, 0.05) is 28.4 Å². The van der Waals surface area contributed by atoms with Crippen LogP contribution in [0.15, 0.2) is 60.7 Å². The summed E-state index contributed by atoms with van der Waals surface area (Å²) in [6, 6.07) is 17.8. The molecule has 0 fully saturated rings. The molecule has 146 valence electrons. The van der Waals surface area contributed by atoms with Crippen molar-refractivity contribution < 1.29 is 14.8 Å². The number of rotatable bonds is 8. The Morgan fingerprint density at radius 1 is 1.14 bits per heavy atom. The van der Waals surface area contributed by atoms with Gasteiger partial charge in [-0.3, -0.25) is 10.1 Å². The number of aliphatic hydroxyl groups excluding tert-OH is 1. The summed E-state index contributed by atoms with van der Waals surface area (Å²) >= 11 is 1.51. The Hall–Kier alpha value is -2.74. The lowest BCUT2D eigenvalue weighted by atomic mass is 10.0. The minimum absolute atomic E-state index is 0.104. The van der Waals surface area contributed by atoms with E-state index in [9.17, 15) is 15.2 Å². The minimum Gasteiger partial charge on any atom is -0.497 e. The highest BCUT2D eigenvalue weighted by molar-refractivity contribution is 7.15. The summed E-state index contributed by atoms with van der Waals surface area (Å²) in [7, 11) is 1.61. The van der Waals surface area contributed by atoms with Gasteiger partial charge in [-0.1, -0.05) is 24.3 Å². The van der Waals surface area contributed by atoms with E-state index in [0.717, 1.165) is 21.1 Å². The van der Waals surface area contributed by atoms with E-state index < -0.39 is 6.10 Å². The van der Waals surface area contributed by atoms with Gasteiger partial charge in [-0.05, 0) is 42.8 Å². The van der Waals surface area contributed by atoms with Crippen LogP contribution in [-0.4, -0.2) is 23.2 Å². The Balaban J connectivity index is 1.64. The molecule has 0 radical (unpaired) electrons. The Kier molecular flexibility index (Phi) is 6.41. The summed E-state index contributed by atoms with van der Waals surface area (Å²) < 4.78 is 5.14. The van der Waals surface area contributed by atoms with E-state index in [-0.39, 0.29) is 16.7 Å². The van der Waals surface area contributed by atoms with Crippen LogP contribution in [0.1, 0.15) is 23.5 Å². The number of nitrogens with one attached hydrogen (secondary N) is 1. The molecule has 7 heteroatoms. The van der Waals surface area contributed by atoms with Crippen molar-refractivity contribution in [2.24, 2.45) is 0 Å². The Morgan fingerprint density at radius 2 is 1.86 bits per heavy atom. The van der Waals surface area contributed by atoms with E-state index >= 15 is 0 Å². The lowest BCUT2D eigenvalue weighted by Crippen LogP contribution is -2.31. The second-order valence-electron chi connectivity index (χ2n) is 6.43. The summed E-state index contributed by atoms with van der Waals surface area (Å²) in [5.41, 5.74) is 1.54. The molecule has 2 N–H and O–H groups in total. The number of hydrogen-bond acceptors (Lipinski definition) is 6. The number of benzene rings is 2. The van der Waals surface area contributed by atoms with Crippen LogP contribution >= 0.6 is 11.3 Å². The van der Waals surface area contributed by atoms with Crippen molar-refractivity contribution in [2.45, 2.75) is 25.6 Å². The molecule has 6 nitrogen and oxygen atoms in total. The van der Waals surface area contributed by atoms with Crippen LogP contribution in [0.2, 0.25) is 0 Å². The van der Waals surface area contributed by atoms with Crippen molar-refractivity contribution >= 4 is 17.0 Å². The van der Waals surface area contributed by atoms with Gasteiger partial charge in [0.1, 0.15) is 5.75 Å². The van der Waals surface area contributed by atoms with Gasteiger partial charge in [0.25, 0.3) is 5.69 Å². The van der Waals surface area contributed by atoms with E-state index in [1.165, 1.54) is 17.4 Å². The normalized spacial score (nSPS) is 13.1. The maximum absolute atomic E-state index is 11.2. The predicted molar refractivity (Wildman–Crippen MR) is 111 cm³/mol. The fourth-order valence-electron chi connectivity index (χ4n) is 2.92. The minimum atomic E-state index is -0.652. The molecule has 0 unspecified atom stereocenters. The largest absolute Gasteiger partial charge is 0.497 e. The third-order valence-corrected chi connectivity index (χ3v) is 5.68. The van der Waals surface area contributed by atoms with Crippen LogP contribution in [0.5, 0.6) is 5.75 Å². The fraction of sp³-hybridized carbons (Fsp3) is 0.238. The van der Waals surface area contributed by atoms with Gasteiger partial charge in [-0.15, -0.1) is 11.3 Å². The zero-order valence-corrected chi connectivity index (χ0v) is 16.5. The van der Waals surface area contributed by atoms with Crippen molar-refractivity contribution in [3.05, 3.63) is 81.2 Å². The first kappa shape index (κ1) is 20.0. The van der Waals surface area contributed by atoms with Gasteiger partial charge in [0.15, 0.2) is 0 Å². The van der Waals surface area contributed by atoms with Gasteiger partial charge < -0.3 is 15.2 Å². The number of hydrogen-bond donors (Lipinski definition) is 2. The van der Waals surface area contributed by atoms with E-state index in [1.54, 1.807) is 25.3 Å². The van der Waals surface area contributed by atoms with E-state index in [4.69, 9.17) is 4.74 Å². The molecular formula is C21H22N2O4S. The highest BCUT2D eigenvalue weighted by Crippen LogP contribution is 2.34. The van der Waals surface area contributed by atoms with Gasteiger partial charge in [-0.25, -0.2) is 0 Å². The molecular weight excluding hydrogens is 376 g/mol. The average Bonchev–Trinajstić information content (AvgIpc) is 3.20. The Morgan fingerprint density at radius 3 is 2.54 bits per heavy atom. The number of methoxy groups -OCH3 is 1. The molecule has 1 heterocycles. The number of aliphatic hydroxyl groups is 1. The second kappa shape index (κ2) is 8.97. The predicted octanol–water partition coefficient (Wildman–Crippen LogP) is 4.54. The molecule has 1 aromatic heterocycles. The van der Waals surface area contributed by atoms with Crippen LogP contribution in [0.3, 0.4) is 0 Å². The summed E-state index contributed by atoms with van der Waals surface area (Å²) in [5, 5.41) is 25.1. The first-order chi connectivity index (χ1) is 13.5. The summed E-state index contributed by atoms with van der Waals surface area (Å²) in [6.45, 7) is 2.49. The molecule has 0 amide bonds. The molecule has 0 spiro atoms. The van der Waals surface area contributed by atoms with Gasteiger partial charge in [-0.2, -0.15) is 0 Å². The van der Waals surface area contributed by atoms with Crippen LogP contribution in [0, 0.1) is 10.1 Å². The molecule has 0 saturated carbocycles. The van der Waals surface area contributed by atoms with Gasteiger partial charge >= 0.3 is 0 Å². The number of para-hydroxylation sites is 1. The number of nitro groups is 1. The summed E-state index contributed by atoms with van der Waals surface area (Å²) in [5.74, 6) is 0.748. The zero-order chi connectivity index (χ0) is 20.1. The smallest absolute Gasteiger partial charge is 0.278 e.